The minimum absolute atomic E-state index is 0.0439. The molecule has 26 heavy (non-hydrogen) atoms. The van der Waals surface area contributed by atoms with Crippen molar-refractivity contribution in [1.82, 2.24) is 9.97 Å². The number of fused-ring (bicyclic) bond motifs is 1. The van der Waals surface area contributed by atoms with Crippen LogP contribution in [0, 0.1) is 5.41 Å². The van der Waals surface area contributed by atoms with Crippen molar-refractivity contribution in [2.24, 2.45) is 5.41 Å². The number of rotatable bonds is 1. The van der Waals surface area contributed by atoms with Crippen LogP contribution in [0.25, 0.3) is 0 Å². The van der Waals surface area contributed by atoms with Crippen LogP contribution < -0.4 is 9.64 Å². The summed E-state index contributed by atoms with van der Waals surface area (Å²) < 4.78 is 44.0. The van der Waals surface area contributed by atoms with Crippen molar-refractivity contribution < 1.29 is 27.8 Å². The minimum Gasteiger partial charge on any atom is -0.493 e. The first kappa shape index (κ1) is 18.0. The lowest BCUT2D eigenvalue weighted by atomic mass is 9.74. The number of benzene rings is 1. The van der Waals surface area contributed by atoms with E-state index < -0.39 is 11.9 Å². The molecule has 138 valence electrons. The molecular formula is C17H16F3N3O3. The van der Waals surface area contributed by atoms with Crippen LogP contribution in [0.2, 0.25) is 0 Å². The van der Waals surface area contributed by atoms with Crippen LogP contribution in [0.5, 0.6) is 5.75 Å². The molecule has 0 bridgehead atoms. The fraction of sp³-hybridized carbons (Fsp3) is 0.353. The number of aromatic nitrogens is 2. The van der Waals surface area contributed by atoms with Gasteiger partial charge in [-0.15, -0.1) is 0 Å². The zero-order valence-corrected chi connectivity index (χ0v) is 13.6. The quantitative estimate of drug-likeness (QED) is 0.781. The van der Waals surface area contributed by atoms with Crippen molar-refractivity contribution in [1.29, 1.82) is 0 Å². The lowest BCUT2D eigenvalue weighted by Crippen LogP contribution is -2.61. The average molecular weight is 367 g/mol. The number of anilines is 1. The summed E-state index contributed by atoms with van der Waals surface area (Å²) in [6, 6.07) is 8.88. The van der Waals surface area contributed by atoms with Gasteiger partial charge in [0.1, 0.15) is 23.6 Å². The SMILES string of the molecule is FC(F)(F)c1cc(N2CC3(COc4ccccc4C3)C2)ncn1.O=CO. The van der Waals surface area contributed by atoms with Gasteiger partial charge < -0.3 is 14.7 Å². The molecule has 0 saturated carbocycles. The lowest BCUT2D eigenvalue weighted by Gasteiger charge is -2.52. The summed E-state index contributed by atoms with van der Waals surface area (Å²) in [6.07, 6.45) is -2.61. The van der Waals surface area contributed by atoms with Gasteiger partial charge in [0.15, 0.2) is 0 Å². The normalized spacial score (nSPS) is 17.3. The van der Waals surface area contributed by atoms with Gasteiger partial charge >= 0.3 is 6.18 Å². The molecule has 0 unspecified atom stereocenters. The lowest BCUT2D eigenvalue weighted by molar-refractivity contribution is -0.141. The third kappa shape index (κ3) is 3.56. The van der Waals surface area contributed by atoms with Crippen molar-refractivity contribution >= 4 is 12.3 Å². The predicted molar refractivity (Wildman–Crippen MR) is 86.0 cm³/mol. The van der Waals surface area contributed by atoms with Crippen LogP contribution in [0.4, 0.5) is 19.0 Å². The summed E-state index contributed by atoms with van der Waals surface area (Å²) in [7, 11) is 0. The molecule has 0 atom stereocenters. The van der Waals surface area contributed by atoms with E-state index in [1.165, 1.54) is 0 Å². The summed E-state index contributed by atoms with van der Waals surface area (Å²) in [5, 5.41) is 6.89. The number of hydrogen-bond acceptors (Lipinski definition) is 5. The Hall–Kier alpha value is -2.84. The monoisotopic (exact) mass is 367 g/mol. The van der Waals surface area contributed by atoms with Gasteiger partial charge in [-0.25, -0.2) is 9.97 Å². The second-order valence-corrected chi connectivity index (χ2v) is 6.29. The molecule has 1 aromatic heterocycles. The Morgan fingerprint density at radius 1 is 1.23 bits per heavy atom. The molecule has 1 N–H and O–H groups in total. The standard InChI is InChI=1S/C16H14F3N3O.CH2O2/c17-16(18,19)13-5-14(21-10-20-13)22-7-15(8-22)6-11-3-1-2-4-12(11)23-9-15;2-1-3/h1-5,10H,6-9H2;1H,(H,2,3). The Morgan fingerprint density at radius 3 is 2.62 bits per heavy atom. The molecule has 0 radical (unpaired) electrons. The summed E-state index contributed by atoms with van der Waals surface area (Å²) in [5.74, 6) is 1.22. The molecule has 1 aromatic carbocycles. The maximum atomic E-state index is 12.7. The van der Waals surface area contributed by atoms with Gasteiger partial charge in [0.2, 0.25) is 0 Å². The second-order valence-electron chi connectivity index (χ2n) is 6.29. The molecule has 1 fully saturated rings. The Bertz CT molecular complexity index is 792. The Morgan fingerprint density at radius 2 is 1.92 bits per heavy atom. The summed E-state index contributed by atoms with van der Waals surface area (Å²) in [5.41, 5.74) is 0.197. The zero-order valence-electron chi connectivity index (χ0n) is 13.6. The molecule has 9 heteroatoms. The van der Waals surface area contributed by atoms with Crippen molar-refractivity contribution in [3.63, 3.8) is 0 Å². The zero-order chi connectivity index (χ0) is 18.8. The highest BCUT2D eigenvalue weighted by atomic mass is 19.4. The largest absolute Gasteiger partial charge is 0.493 e. The van der Waals surface area contributed by atoms with E-state index in [1.54, 1.807) is 0 Å². The van der Waals surface area contributed by atoms with Gasteiger partial charge in [-0.2, -0.15) is 13.2 Å². The van der Waals surface area contributed by atoms with Crippen molar-refractivity contribution in [3.8, 4) is 5.75 Å². The van der Waals surface area contributed by atoms with Crippen molar-refractivity contribution in [3.05, 3.63) is 47.9 Å². The minimum atomic E-state index is -4.45. The van der Waals surface area contributed by atoms with E-state index in [2.05, 4.69) is 9.97 Å². The molecule has 3 heterocycles. The molecule has 0 aliphatic carbocycles. The van der Waals surface area contributed by atoms with Gasteiger partial charge in [0.25, 0.3) is 6.47 Å². The van der Waals surface area contributed by atoms with Crippen LogP contribution in [0.15, 0.2) is 36.7 Å². The number of nitrogens with zero attached hydrogens (tertiary/aromatic N) is 3. The Labute approximate surface area is 147 Å². The Kier molecular flexibility index (Phi) is 4.71. The van der Waals surface area contributed by atoms with Gasteiger partial charge in [0, 0.05) is 24.6 Å². The van der Waals surface area contributed by atoms with Gasteiger partial charge in [0.05, 0.1) is 6.61 Å². The van der Waals surface area contributed by atoms with Crippen molar-refractivity contribution in [2.45, 2.75) is 12.6 Å². The fourth-order valence-electron chi connectivity index (χ4n) is 3.28. The Balaban J connectivity index is 0.000000613. The third-order valence-corrected chi connectivity index (χ3v) is 4.39. The van der Waals surface area contributed by atoms with E-state index in [-0.39, 0.29) is 11.9 Å². The fourth-order valence-corrected chi connectivity index (χ4v) is 3.28. The molecule has 0 amide bonds. The maximum absolute atomic E-state index is 12.7. The molecule has 6 nitrogen and oxygen atoms in total. The van der Waals surface area contributed by atoms with Gasteiger partial charge in [-0.3, -0.25) is 4.79 Å². The molecule has 1 saturated heterocycles. The van der Waals surface area contributed by atoms with E-state index in [0.29, 0.717) is 25.5 Å². The number of ether oxygens (including phenoxy) is 1. The maximum Gasteiger partial charge on any atom is 0.433 e. The van der Waals surface area contributed by atoms with Gasteiger partial charge in [-0.05, 0) is 18.1 Å². The van der Waals surface area contributed by atoms with Crippen LogP contribution in [-0.2, 0) is 17.4 Å². The van der Waals surface area contributed by atoms with E-state index in [9.17, 15) is 13.2 Å². The predicted octanol–water partition coefficient (Wildman–Crippen LogP) is 2.64. The molecule has 2 aliphatic heterocycles. The smallest absolute Gasteiger partial charge is 0.433 e. The van der Waals surface area contributed by atoms with Crippen LogP contribution in [0.3, 0.4) is 0 Å². The first-order chi connectivity index (χ1) is 12.4. The highest BCUT2D eigenvalue weighted by Gasteiger charge is 2.47. The average Bonchev–Trinajstić information content (AvgIpc) is 2.59. The first-order valence-corrected chi connectivity index (χ1v) is 7.80. The van der Waals surface area contributed by atoms with Crippen LogP contribution in [0.1, 0.15) is 11.3 Å². The molecule has 2 aliphatic rings. The molecular weight excluding hydrogens is 351 g/mol. The van der Waals surface area contributed by atoms with Crippen molar-refractivity contribution in [2.75, 3.05) is 24.6 Å². The van der Waals surface area contributed by atoms with E-state index in [4.69, 9.17) is 14.6 Å². The third-order valence-electron chi connectivity index (χ3n) is 4.39. The number of hydrogen-bond donors (Lipinski definition) is 1. The highest BCUT2D eigenvalue weighted by molar-refractivity contribution is 5.46. The number of carboxylic acid groups (broad SMARTS) is 1. The summed E-state index contributed by atoms with van der Waals surface area (Å²) >= 11 is 0. The topological polar surface area (TPSA) is 75.5 Å². The summed E-state index contributed by atoms with van der Waals surface area (Å²) in [4.78, 5) is 17.5. The van der Waals surface area contributed by atoms with E-state index in [1.807, 2.05) is 29.2 Å². The van der Waals surface area contributed by atoms with Gasteiger partial charge in [-0.1, -0.05) is 18.2 Å². The number of alkyl halides is 3. The number of para-hydroxylation sites is 1. The molecule has 2 aromatic rings. The number of carbonyl (C=O) groups is 1. The van der Waals surface area contributed by atoms with E-state index in [0.717, 1.165) is 30.1 Å². The molecule has 1 spiro atoms. The first-order valence-electron chi connectivity index (χ1n) is 7.80. The van der Waals surface area contributed by atoms with E-state index >= 15 is 0 Å². The molecule has 4 rings (SSSR count). The van der Waals surface area contributed by atoms with Crippen LogP contribution >= 0.6 is 0 Å². The second kappa shape index (κ2) is 6.81. The van der Waals surface area contributed by atoms with Crippen LogP contribution in [-0.4, -0.2) is 41.2 Å². The number of halogens is 3. The highest BCUT2D eigenvalue weighted by Crippen LogP contribution is 2.42. The summed E-state index contributed by atoms with van der Waals surface area (Å²) in [6.45, 7) is 1.60.